The molecule has 0 radical (unpaired) electrons. The van der Waals surface area contributed by atoms with Gasteiger partial charge in [-0.2, -0.15) is 5.26 Å². The molecule has 0 saturated carbocycles. The number of benzene rings is 4. The molecule has 1 aliphatic carbocycles. The van der Waals surface area contributed by atoms with Gasteiger partial charge in [0.2, 0.25) is 5.70 Å². The Kier molecular flexibility index (Phi) is 15.7. The maximum absolute atomic E-state index is 11.2. The molecule has 3 aromatic heterocycles. The molecule has 0 bridgehead atoms. The summed E-state index contributed by atoms with van der Waals surface area (Å²) < 4.78 is 12.8. The number of H-pyrrole nitrogens is 1. The summed E-state index contributed by atoms with van der Waals surface area (Å²) in [6.45, 7) is 17.4. The van der Waals surface area contributed by atoms with Gasteiger partial charge in [0.05, 0.1) is 83.9 Å². The number of nitrogens with zero attached hydrogens (tertiary/aromatic N) is 6. The molecular weight excluding hydrogens is 932 g/mol. The van der Waals surface area contributed by atoms with E-state index in [1.807, 2.05) is 48.5 Å². The van der Waals surface area contributed by atoms with Crippen molar-refractivity contribution in [2.24, 2.45) is 0 Å². The van der Waals surface area contributed by atoms with Crippen molar-refractivity contribution in [3.63, 3.8) is 0 Å². The molecule has 4 aromatic carbocycles. The highest BCUT2D eigenvalue weighted by Crippen LogP contribution is 2.42. The summed E-state index contributed by atoms with van der Waals surface area (Å²) in [5.41, 5.74) is 8.10. The fourth-order valence-electron chi connectivity index (χ4n) is 8.82. The van der Waals surface area contributed by atoms with Crippen LogP contribution >= 0.6 is 46.4 Å². The van der Waals surface area contributed by atoms with Crippen LogP contribution in [0.3, 0.4) is 0 Å². The molecule has 13 heteroatoms. The van der Waals surface area contributed by atoms with Crippen LogP contribution in [0, 0.1) is 17.9 Å². The van der Waals surface area contributed by atoms with E-state index in [0.29, 0.717) is 82.3 Å². The number of nitriles is 1. The van der Waals surface area contributed by atoms with Crippen LogP contribution in [0.1, 0.15) is 121 Å². The van der Waals surface area contributed by atoms with Crippen LogP contribution in [-0.2, 0) is 0 Å². The van der Waals surface area contributed by atoms with Crippen molar-refractivity contribution in [3.05, 3.63) is 150 Å². The number of allylic oxidation sites excluding steroid dienone is 1. The van der Waals surface area contributed by atoms with Crippen molar-refractivity contribution < 1.29 is 9.47 Å². The molecule has 0 saturated heterocycles. The van der Waals surface area contributed by atoms with E-state index >= 15 is 0 Å². The number of aromatic nitrogens is 5. The summed E-state index contributed by atoms with van der Waals surface area (Å²) in [6.07, 6.45) is 14.9. The maximum Gasteiger partial charge on any atom is 0.218 e. The van der Waals surface area contributed by atoms with E-state index in [1.54, 1.807) is 36.7 Å². The Morgan fingerprint density at radius 2 is 1.18 bits per heavy atom. The molecule has 2 atom stereocenters. The van der Waals surface area contributed by atoms with Crippen molar-refractivity contribution >= 4 is 90.9 Å². The van der Waals surface area contributed by atoms with Gasteiger partial charge in [0, 0.05) is 17.0 Å². The molecule has 3 heterocycles. The quantitative estimate of drug-likeness (QED) is 0.0673. The Morgan fingerprint density at radius 1 is 0.691 bits per heavy atom. The van der Waals surface area contributed by atoms with Crippen molar-refractivity contribution in [1.29, 1.82) is 5.26 Å². The van der Waals surface area contributed by atoms with Crippen molar-refractivity contribution in [2.75, 3.05) is 0 Å². The minimum absolute atomic E-state index is 0.0495. The van der Waals surface area contributed by atoms with Crippen LogP contribution in [0.15, 0.2) is 85.2 Å². The smallest absolute Gasteiger partial charge is 0.218 e. The Balaban J connectivity index is 1.35. The summed E-state index contributed by atoms with van der Waals surface area (Å²) in [5.74, 6) is 1.52. The van der Waals surface area contributed by atoms with Gasteiger partial charge in [0.1, 0.15) is 28.8 Å². The van der Waals surface area contributed by atoms with Crippen molar-refractivity contribution in [3.8, 4) is 28.8 Å². The zero-order valence-electron chi connectivity index (χ0n) is 38.5. The first-order valence-corrected chi connectivity index (χ1v) is 24.8. The fraction of sp³-hybridized carbons (Fsp3) is 0.309. The first-order valence-electron chi connectivity index (χ1n) is 23.3. The monoisotopic (exact) mass is 981 g/mol. The lowest BCUT2D eigenvalue weighted by atomic mass is 9.98. The molecule has 0 aliphatic heterocycles. The number of hydrogen-bond donors (Lipinski definition) is 1. The molecule has 0 amide bonds. The van der Waals surface area contributed by atoms with Crippen molar-refractivity contribution in [1.82, 2.24) is 24.9 Å². The third-order valence-electron chi connectivity index (χ3n) is 12.3. The van der Waals surface area contributed by atoms with Crippen LogP contribution in [0.25, 0.3) is 60.6 Å². The molecule has 1 aliphatic rings. The third-order valence-corrected chi connectivity index (χ3v) is 13.8. The van der Waals surface area contributed by atoms with E-state index < -0.39 is 0 Å². The van der Waals surface area contributed by atoms with Crippen LogP contribution in [-0.4, -0.2) is 37.1 Å². The average Bonchev–Trinajstić information content (AvgIpc) is 3.91. The number of halogens is 4. The van der Waals surface area contributed by atoms with Gasteiger partial charge in [-0.3, -0.25) is 15.0 Å². The normalized spacial score (nSPS) is 14.4. The van der Waals surface area contributed by atoms with E-state index in [-0.39, 0.29) is 17.8 Å². The highest BCUT2D eigenvalue weighted by molar-refractivity contribution is 6.43. The predicted molar refractivity (Wildman–Crippen MR) is 277 cm³/mol. The summed E-state index contributed by atoms with van der Waals surface area (Å²) in [4.78, 5) is 27.0. The molecular formula is C55H51Cl4N7O2. The second-order valence-electron chi connectivity index (χ2n) is 17.3. The van der Waals surface area contributed by atoms with E-state index in [4.69, 9.17) is 72.4 Å². The van der Waals surface area contributed by atoms with Gasteiger partial charge < -0.3 is 14.5 Å². The Labute approximate surface area is 417 Å². The van der Waals surface area contributed by atoms with Gasteiger partial charge in [0.15, 0.2) is 0 Å². The highest BCUT2D eigenvalue weighted by atomic mass is 35.5. The van der Waals surface area contributed by atoms with Gasteiger partial charge in [-0.05, 0) is 129 Å². The Morgan fingerprint density at radius 3 is 1.68 bits per heavy atom. The van der Waals surface area contributed by atoms with Gasteiger partial charge in [-0.15, -0.1) is 0 Å². The van der Waals surface area contributed by atoms with Gasteiger partial charge in [-0.25, -0.2) is 9.83 Å². The number of unbranched alkanes of at least 4 members (excludes halogenated alkanes) is 6. The second kappa shape index (κ2) is 22.0. The topological polar surface area (TPSA) is 114 Å². The van der Waals surface area contributed by atoms with Gasteiger partial charge in [-0.1, -0.05) is 111 Å². The number of hydrogen-bond acceptors (Lipinski definition) is 7. The van der Waals surface area contributed by atoms with Crippen molar-refractivity contribution in [2.45, 2.75) is 111 Å². The zero-order chi connectivity index (χ0) is 47.9. The van der Waals surface area contributed by atoms with Crippen LogP contribution in [0.5, 0.6) is 11.5 Å². The molecule has 346 valence electrons. The average molecular weight is 984 g/mol. The summed E-state index contributed by atoms with van der Waals surface area (Å²) >= 11 is 25.6. The lowest BCUT2D eigenvalue weighted by Gasteiger charge is -2.15. The fourth-order valence-corrected chi connectivity index (χ4v) is 9.45. The molecule has 8 rings (SSSR count). The standard InChI is InChI=1S/C55H51Cl4N7O2/c1-6-8-10-12-14-32(3)67-36-20-16-34(17-21-36)38-24-39(54(61-5)50-31-63-46-26-42(57)44(59)28-48(46)65-50)52-51(38)55(40(29-60)49-30-62-45-25-41(56)43(58)27-47(45)64-49)66-53(52)35-18-22-37(23-19-35)68-33(4)15-13-11-9-7-2/h16-23,25-28,30-33,66H,6-15,24H2,1-4H3/b54-39-,55-40-. The Hall–Kier alpha value is -5.94. The van der Waals surface area contributed by atoms with Gasteiger partial charge >= 0.3 is 0 Å². The third kappa shape index (κ3) is 10.7. The van der Waals surface area contributed by atoms with Crippen LogP contribution in [0.4, 0.5) is 0 Å². The lowest BCUT2D eigenvalue weighted by Crippen LogP contribution is -2.28. The number of aromatic amines is 1. The van der Waals surface area contributed by atoms with E-state index in [9.17, 15) is 5.26 Å². The summed E-state index contributed by atoms with van der Waals surface area (Å²) in [6, 6.07) is 25.1. The minimum Gasteiger partial charge on any atom is -0.491 e. The number of nitrogens with one attached hydrogen (secondary N) is 1. The van der Waals surface area contributed by atoms with E-state index in [2.05, 4.69) is 53.6 Å². The lowest BCUT2D eigenvalue weighted by molar-refractivity contribution is 0.206. The molecule has 1 N–H and O–H groups in total. The predicted octanol–water partition coefficient (Wildman–Crippen LogP) is 14.8. The zero-order valence-corrected chi connectivity index (χ0v) is 41.6. The number of ether oxygens (including phenoxy) is 2. The molecule has 68 heavy (non-hydrogen) atoms. The molecule has 7 aromatic rings. The number of rotatable bonds is 18. The SMILES string of the molecule is [C-]#[N+]/C(=C1/CC(c2ccc(OC(C)CCCCCC)cc2)=c2c1c(-c1ccc(OC(C)CCCCCC)cc1)[nH]/c2=C(/C#N)c1cnc2cc(Cl)c(Cl)cc2n1)c1cnc2cc(Cl)c(Cl)cc2n1. The van der Waals surface area contributed by atoms with Crippen LogP contribution < -0.4 is 20.0 Å². The first-order chi connectivity index (χ1) is 33.0. The molecule has 9 nitrogen and oxygen atoms in total. The van der Waals surface area contributed by atoms with E-state index in [0.717, 1.165) is 64.7 Å². The number of fused-ring (bicyclic) bond motifs is 3. The van der Waals surface area contributed by atoms with E-state index in [1.165, 1.54) is 38.5 Å². The highest BCUT2D eigenvalue weighted by Gasteiger charge is 2.30. The minimum atomic E-state index is 0.0495. The maximum atomic E-state index is 11.2. The molecule has 0 fully saturated rings. The van der Waals surface area contributed by atoms with Crippen LogP contribution in [0.2, 0.25) is 20.1 Å². The first kappa shape index (κ1) is 48.5. The molecule has 2 unspecified atom stereocenters. The Bertz CT molecular complexity index is 3240. The molecule has 0 spiro atoms. The van der Waals surface area contributed by atoms with Gasteiger partial charge in [0.25, 0.3) is 0 Å². The summed E-state index contributed by atoms with van der Waals surface area (Å²) in [7, 11) is 0. The second-order valence-corrected chi connectivity index (χ2v) is 19.0. The summed E-state index contributed by atoms with van der Waals surface area (Å²) in [5, 5.41) is 13.8. The largest absolute Gasteiger partial charge is 0.491 e.